The fourth-order valence-electron chi connectivity index (χ4n) is 2.83. The van der Waals surface area contributed by atoms with Gasteiger partial charge in [-0.05, 0) is 49.5 Å². The normalized spacial score (nSPS) is 17.9. The van der Waals surface area contributed by atoms with E-state index in [1.165, 1.54) is 36.9 Å². The Morgan fingerprint density at radius 2 is 1.95 bits per heavy atom. The second kappa shape index (κ2) is 6.02. The minimum Gasteiger partial charge on any atom is -0.299 e. The Morgan fingerprint density at radius 1 is 1.16 bits per heavy atom. The molecule has 0 N–H and O–H groups in total. The smallest absolute Gasteiger partial charge is 0.0705 e. The summed E-state index contributed by atoms with van der Waals surface area (Å²) in [7, 11) is 0. The molecule has 3 heteroatoms. The molecule has 19 heavy (non-hydrogen) atoms. The van der Waals surface area contributed by atoms with Gasteiger partial charge >= 0.3 is 0 Å². The van der Waals surface area contributed by atoms with Crippen molar-refractivity contribution in [2.24, 2.45) is 5.92 Å². The number of pyridine rings is 1. The van der Waals surface area contributed by atoms with E-state index >= 15 is 0 Å². The van der Waals surface area contributed by atoms with Gasteiger partial charge in [-0.3, -0.25) is 9.88 Å². The van der Waals surface area contributed by atoms with Crippen LogP contribution in [0.1, 0.15) is 18.4 Å². The van der Waals surface area contributed by atoms with Crippen LogP contribution in [0.2, 0.25) is 0 Å². The lowest BCUT2D eigenvalue weighted by atomic mass is 9.98. The second-order valence-corrected chi connectivity index (χ2v) is 6.01. The third kappa shape index (κ3) is 2.98. The molecule has 3 rings (SSSR count). The number of rotatable bonds is 3. The monoisotopic (exact) mass is 318 g/mol. The van der Waals surface area contributed by atoms with Gasteiger partial charge in [0, 0.05) is 23.5 Å². The van der Waals surface area contributed by atoms with Gasteiger partial charge in [-0.1, -0.05) is 34.1 Å². The highest BCUT2D eigenvalue weighted by Gasteiger charge is 2.18. The molecule has 0 amide bonds. The van der Waals surface area contributed by atoms with Crippen molar-refractivity contribution in [3.63, 3.8) is 0 Å². The molecule has 2 nitrogen and oxygen atoms in total. The zero-order valence-corrected chi connectivity index (χ0v) is 12.6. The Labute approximate surface area is 123 Å². The maximum Gasteiger partial charge on any atom is 0.0705 e. The third-order valence-corrected chi connectivity index (χ3v) is 4.97. The SMILES string of the molecule is BrCC1CCN(Cc2ccnc3ccccc23)CC1. The molecule has 2 heterocycles. The van der Waals surface area contributed by atoms with Gasteiger partial charge in [0.25, 0.3) is 0 Å². The molecule has 1 fully saturated rings. The molecule has 0 radical (unpaired) electrons. The molecule has 1 aromatic heterocycles. The topological polar surface area (TPSA) is 16.1 Å². The summed E-state index contributed by atoms with van der Waals surface area (Å²) < 4.78 is 0. The molecule has 0 unspecified atom stereocenters. The molecular formula is C16H19BrN2. The highest BCUT2D eigenvalue weighted by atomic mass is 79.9. The van der Waals surface area contributed by atoms with Crippen molar-refractivity contribution in [1.29, 1.82) is 0 Å². The Bertz CT molecular complexity index is 542. The van der Waals surface area contributed by atoms with Crippen LogP contribution in [-0.2, 0) is 6.54 Å². The predicted octanol–water partition coefficient (Wildman–Crippen LogP) is 3.84. The first-order valence-corrected chi connectivity index (χ1v) is 8.10. The lowest BCUT2D eigenvalue weighted by Gasteiger charge is -2.31. The first-order chi connectivity index (χ1) is 9.36. The lowest BCUT2D eigenvalue weighted by molar-refractivity contribution is 0.188. The Kier molecular flexibility index (Phi) is 4.14. The average molecular weight is 319 g/mol. The van der Waals surface area contributed by atoms with Crippen LogP contribution in [0, 0.1) is 5.92 Å². The molecule has 1 saturated heterocycles. The van der Waals surface area contributed by atoms with E-state index in [1.807, 2.05) is 6.20 Å². The first kappa shape index (κ1) is 13.1. The predicted molar refractivity (Wildman–Crippen MR) is 83.5 cm³/mol. The summed E-state index contributed by atoms with van der Waals surface area (Å²) in [5, 5.41) is 2.45. The van der Waals surface area contributed by atoms with Gasteiger partial charge in [-0.25, -0.2) is 0 Å². The number of alkyl halides is 1. The number of piperidine rings is 1. The number of hydrogen-bond acceptors (Lipinski definition) is 2. The zero-order valence-electron chi connectivity index (χ0n) is 11.1. The molecule has 1 aromatic carbocycles. The summed E-state index contributed by atoms with van der Waals surface area (Å²) in [5.41, 5.74) is 2.51. The standard InChI is InChI=1S/C16H19BrN2/c17-11-13-6-9-19(10-7-13)12-14-5-8-18-16-4-2-1-3-15(14)16/h1-5,8,13H,6-7,9-12H2. The van der Waals surface area contributed by atoms with Gasteiger partial charge in [-0.15, -0.1) is 0 Å². The summed E-state index contributed by atoms with van der Waals surface area (Å²) in [5.74, 6) is 0.866. The summed E-state index contributed by atoms with van der Waals surface area (Å²) >= 11 is 3.60. The van der Waals surface area contributed by atoms with Gasteiger partial charge < -0.3 is 0 Å². The summed E-state index contributed by atoms with van der Waals surface area (Å²) in [4.78, 5) is 7.01. The van der Waals surface area contributed by atoms with Crippen molar-refractivity contribution in [3.8, 4) is 0 Å². The summed E-state index contributed by atoms with van der Waals surface area (Å²) in [6.07, 6.45) is 4.56. The maximum absolute atomic E-state index is 4.44. The van der Waals surface area contributed by atoms with Crippen molar-refractivity contribution in [1.82, 2.24) is 9.88 Å². The van der Waals surface area contributed by atoms with E-state index in [0.29, 0.717) is 0 Å². The number of para-hydroxylation sites is 1. The molecule has 2 aromatic rings. The molecule has 0 spiro atoms. The second-order valence-electron chi connectivity index (χ2n) is 5.36. The van der Waals surface area contributed by atoms with Crippen molar-refractivity contribution in [3.05, 3.63) is 42.1 Å². The van der Waals surface area contributed by atoms with Crippen molar-refractivity contribution in [2.45, 2.75) is 19.4 Å². The van der Waals surface area contributed by atoms with E-state index in [4.69, 9.17) is 0 Å². The summed E-state index contributed by atoms with van der Waals surface area (Å²) in [6, 6.07) is 10.6. The van der Waals surface area contributed by atoms with Gasteiger partial charge in [0.15, 0.2) is 0 Å². The van der Waals surface area contributed by atoms with E-state index in [9.17, 15) is 0 Å². The Hall–Kier alpha value is -0.930. The highest BCUT2D eigenvalue weighted by Crippen LogP contribution is 2.23. The fraction of sp³-hybridized carbons (Fsp3) is 0.438. The van der Waals surface area contributed by atoms with Crippen LogP contribution < -0.4 is 0 Å². The largest absolute Gasteiger partial charge is 0.299 e. The third-order valence-electron chi connectivity index (χ3n) is 4.06. The Balaban J connectivity index is 1.75. The van der Waals surface area contributed by atoms with Crippen LogP contribution >= 0.6 is 15.9 Å². The molecule has 0 bridgehead atoms. The van der Waals surface area contributed by atoms with Gasteiger partial charge in [0.05, 0.1) is 5.52 Å². The lowest BCUT2D eigenvalue weighted by Crippen LogP contribution is -2.33. The molecule has 0 atom stereocenters. The van der Waals surface area contributed by atoms with E-state index in [1.54, 1.807) is 0 Å². The molecule has 1 aliphatic rings. The highest BCUT2D eigenvalue weighted by molar-refractivity contribution is 9.09. The van der Waals surface area contributed by atoms with Crippen LogP contribution in [0.5, 0.6) is 0 Å². The van der Waals surface area contributed by atoms with Gasteiger partial charge in [0.1, 0.15) is 0 Å². The minimum atomic E-state index is 0.866. The fourth-order valence-corrected chi connectivity index (χ4v) is 3.48. The van der Waals surface area contributed by atoms with Gasteiger partial charge in [0.2, 0.25) is 0 Å². The van der Waals surface area contributed by atoms with E-state index in [0.717, 1.165) is 23.3 Å². The maximum atomic E-state index is 4.44. The number of benzene rings is 1. The molecular weight excluding hydrogens is 300 g/mol. The Morgan fingerprint density at radius 3 is 2.74 bits per heavy atom. The van der Waals surface area contributed by atoms with Gasteiger partial charge in [-0.2, -0.15) is 0 Å². The number of fused-ring (bicyclic) bond motifs is 1. The summed E-state index contributed by atoms with van der Waals surface area (Å²) in [6.45, 7) is 3.48. The quantitative estimate of drug-likeness (QED) is 0.799. The number of nitrogens with zero attached hydrogens (tertiary/aromatic N) is 2. The molecule has 0 aliphatic carbocycles. The van der Waals surface area contributed by atoms with Crippen molar-refractivity contribution < 1.29 is 0 Å². The molecule has 100 valence electrons. The number of hydrogen-bond donors (Lipinski definition) is 0. The van der Waals surface area contributed by atoms with Crippen molar-refractivity contribution >= 4 is 26.8 Å². The van der Waals surface area contributed by atoms with Crippen molar-refractivity contribution in [2.75, 3.05) is 18.4 Å². The number of aromatic nitrogens is 1. The van der Waals surface area contributed by atoms with Crippen LogP contribution in [0.3, 0.4) is 0 Å². The first-order valence-electron chi connectivity index (χ1n) is 6.98. The van der Waals surface area contributed by atoms with Crippen LogP contribution in [-0.4, -0.2) is 28.3 Å². The van der Waals surface area contributed by atoms with E-state index < -0.39 is 0 Å². The van der Waals surface area contributed by atoms with E-state index in [-0.39, 0.29) is 0 Å². The van der Waals surface area contributed by atoms with E-state index in [2.05, 4.69) is 56.1 Å². The van der Waals surface area contributed by atoms with Crippen LogP contribution in [0.4, 0.5) is 0 Å². The minimum absolute atomic E-state index is 0.866. The molecule has 0 saturated carbocycles. The number of likely N-dealkylation sites (tertiary alicyclic amines) is 1. The average Bonchev–Trinajstić information content (AvgIpc) is 2.48. The van der Waals surface area contributed by atoms with Crippen LogP contribution in [0.25, 0.3) is 10.9 Å². The zero-order chi connectivity index (χ0) is 13.1. The number of halogens is 1. The van der Waals surface area contributed by atoms with Crippen LogP contribution in [0.15, 0.2) is 36.5 Å². The molecule has 1 aliphatic heterocycles.